The average molecular weight is 489 g/mol. The van der Waals surface area contributed by atoms with Gasteiger partial charge in [-0.05, 0) is 55.5 Å². The maximum absolute atomic E-state index is 13.0. The molecule has 1 aliphatic heterocycles. The first-order chi connectivity index (χ1) is 16.3. The number of nitrogens with zero attached hydrogens (tertiary/aromatic N) is 2. The number of anilines is 1. The molecule has 9 heteroatoms. The third-order valence-corrected chi connectivity index (χ3v) is 8.19. The Morgan fingerprint density at radius 3 is 2.44 bits per heavy atom. The summed E-state index contributed by atoms with van der Waals surface area (Å²) >= 11 is 0. The molecule has 4 rings (SSSR count). The first-order valence-electron chi connectivity index (χ1n) is 11.6. The van der Waals surface area contributed by atoms with E-state index in [-0.39, 0.29) is 24.8 Å². The predicted molar refractivity (Wildman–Crippen MR) is 130 cm³/mol. The number of amides is 1. The van der Waals surface area contributed by atoms with Gasteiger partial charge in [0.15, 0.2) is 17.6 Å². The van der Waals surface area contributed by atoms with E-state index in [1.165, 1.54) is 36.9 Å². The Kier molecular flexibility index (Phi) is 7.33. The van der Waals surface area contributed by atoms with Crippen LogP contribution in [-0.4, -0.2) is 64.3 Å². The average Bonchev–Trinajstić information content (AvgIpc) is 3.63. The molecule has 0 spiro atoms. The number of benzene rings is 2. The lowest BCUT2D eigenvalue weighted by atomic mass is 10.1. The van der Waals surface area contributed by atoms with Gasteiger partial charge < -0.3 is 19.1 Å². The van der Waals surface area contributed by atoms with Gasteiger partial charge in [-0.15, -0.1) is 0 Å². The summed E-state index contributed by atoms with van der Waals surface area (Å²) in [4.78, 5) is 14.7. The molecular formula is C25H32N2O6S. The van der Waals surface area contributed by atoms with Crippen LogP contribution in [0.2, 0.25) is 0 Å². The van der Waals surface area contributed by atoms with Gasteiger partial charge >= 0.3 is 0 Å². The van der Waals surface area contributed by atoms with Crippen molar-refractivity contribution in [2.75, 3.05) is 44.5 Å². The highest BCUT2D eigenvalue weighted by atomic mass is 32.2. The van der Waals surface area contributed by atoms with Gasteiger partial charge in [0.25, 0.3) is 5.91 Å². The minimum absolute atomic E-state index is 0.0435. The van der Waals surface area contributed by atoms with E-state index < -0.39 is 16.1 Å². The molecule has 1 atom stereocenters. The maximum Gasteiger partial charge on any atom is 0.268 e. The number of carbonyl (C=O) groups is 1. The molecule has 2 aromatic rings. The Bertz CT molecular complexity index is 1110. The van der Waals surface area contributed by atoms with E-state index in [9.17, 15) is 13.2 Å². The van der Waals surface area contributed by atoms with Crippen LogP contribution in [0.5, 0.6) is 17.2 Å². The summed E-state index contributed by atoms with van der Waals surface area (Å²) in [6.45, 7) is 2.57. The first-order valence-corrected chi connectivity index (χ1v) is 13.3. The lowest BCUT2D eigenvalue weighted by molar-refractivity contribution is -0.122. The molecule has 1 saturated carbocycles. The molecule has 0 N–H and O–H groups in total. The molecular weight excluding hydrogens is 456 g/mol. The number of hydrogen-bond acceptors (Lipinski definition) is 6. The zero-order valence-corrected chi connectivity index (χ0v) is 20.7. The van der Waals surface area contributed by atoms with Crippen molar-refractivity contribution in [3.63, 3.8) is 0 Å². The maximum atomic E-state index is 13.0. The van der Waals surface area contributed by atoms with Gasteiger partial charge in [-0.2, -0.15) is 0 Å². The van der Waals surface area contributed by atoms with Crippen LogP contribution in [0.15, 0.2) is 42.5 Å². The van der Waals surface area contributed by atoms with Gasteiger partial charge in [-0.3, -0.25) is 4.79 Å². The van der Waals surface area contributed by atoms with Crippen molar-refractivity contribution in [1.82, 2.24) is 4.31 Å². The highest BCUT2D eigenvalue weighted by Crippen LogP contribution is 2.40. The Balaban J connectivity index is 1.36. The van der Waals surface area contributed by atoms with Gasteiger partial charge in [-0.1, -0.05) is 12.1 Å². The molecule has 2 aliphatic rings. The van der Waals surface area contributed by atoms with Gasteiger partial charge in [0, 0.05) is 38.3 Å². The summed E-state index contributed by atoms with van der Waals surface area (Å²) in [5.74, 6) is 2.32. The number of methoxy groups -OCH3 is 1. The minimum Gasteiger partial charge on any atom is -0.493 e. The second-order valence-corrected chi connectivity index (χ2v) is 11.0. The normalized spacial score (nSPS) is 18.4. The summed E-state index contributed by atoms with van der Waals surface area (Å²) in [5.41, 5.74) is 2.04. The molecule has 1 aliphatic carbocycles. The third-order valence-electron chi connectivity index (χ3n) is 6.33. The molecule has 1 heterocycles. The quantitative estimate of drug-likeness (QED) is 0.482. The van der Waals surface area contributed by atoms with Crippen LogP contribution in [0.4, 0.5) is 5.69 Å². The number of carbonyl (C=O) groups excluding carboxylic acids is 1. The van der Waals surface area contributed by atoms with Crippen LogP contribution in [0.25, 0.3) is 0 Å². The van der Waals surface area contributed by atoms with Crippen molar-refractivity contribution < 1.29 is 27.4 Å². The summed E-state index contributed by atoms with van der Waals surface area (Å²) in [5, 5.41) is 0. The molecule has 2 fully saturated rings. The first kappa shape index (κ1) is 24.3. The number of rotatable bonds is 11. The van der Waals surface area contributed by atoms with E-state index in [0.717, 1.165) is 0 Å². The number of hydrogen-bond donors (Lipinski definition) is 0. The standard InChI is InChI=1S/C25H32N2O6S/c1-4-34(29,30)26(2)15-16-32-22-12-9-20(17-24(22)31-3)27-14-13-23(25(27)28)33-21-10-7-19(8-11-21)18-5-6-18/h7-12,17-18,23H,4-6,13-16H2,1-3H3/t23-/m0/s1. The Morgan fingerprint density at radius 1 is 1.06 bits per heavy atom. The van der Waals surface area contributed by atoms with E-state index in [2.05, 4.69) is 12.1 Å². The monoisotopic (exact) mass is 488 g/mol. The molecule has 34 heavy (non-hydrogen) atoms. The predicted octanol–water partition coefficient (Wildman–Crippen LogP) is 3.42. The van der Waals surface area contributed by atoms with Crippen molar-refractivity contribution in [3.8, 4) is 17.2 Å². The zero-order chi connectivity index (χ0) is 24.3. The fourth-order valence-corrected chi connectivity index (χ4v) is 4.80. The largest absolute Gasteiger partial charge is 0.493 e. The summed E-state index contributed by atoms with van der Waals surface area (Å²) in [7, 11) is -0.198. The fraction of sp³-hybridized carbons (Fsp3) is 0.480. The van der Waals surface area contributed by atoms with E-state index >= 15 is 0 Å². The van der Waals surface area contributed by atoms with Crippen LogP contribution in [-0.2, 0) is 14.8 Å². The second kappa shape index (κ2) is 10.2. The molecule has 184 valence electrons. The van der Waals surface area contributed by atoms with Crippen LogP contribution in [0.3, 0.4) is 0 Å². The van der Waals surface area contributed by atoms with Crippen LogP contribution in [0, 0.1) is 0 Å². The Labute approximate surface area is 201 Å². The van der Waals surface area contributed by atoms with Crippen LogP contribution >= 0.6 is 0 Å². The van der Waals surface area contributed by atoms with Gasteiger partial charge in [0.05, 0.1) is 12.9 Å². The lowest BCUT2D eigenvalue weighted by Crippen LogP contribution is -2.32. The molecule has 1 saturated heterocycles. The topological polar surface area (TPSA) is 85.4 Å². The summed E-state index contributed by atoms with van der Waals surface area (Å²) < 4.78 is 42.2. The van der Waals surface area contributed by atoms with E-state index in [0.29, 0.717) is 41.8 Å². The smallest absolute Gasteiger partial charge is 0.268 e. The molecule has 8 nitrogen and oxygen atoms in total. The molecule has 1 amide bonds. The number of ether oxygens (including phenoxy) is 3. The summed E-state index contributed by atoms with van der Waals surface area (Å²) in [6.07, 6.45) is 2.58. The van der Waals surface area contributed by atoms with Gasteiger partial charge in [0.2, 0.25) is 10.0 Å². The van der Waals surface area contributed by atoms with Crippen LogP contribution < -0.4 is 19.1 Å². The van der Waals surface area contributed by atoms with Crippen molar-refractivity contribution in [1.29, 1.82) is 0 Å². The SMILES string of the molecule is CCS(=O)(=O)N(C)CCOc1ccc(N2CC[C@H](Oc3ccc(C4CC4)cc3)C2=O)cc1OC. The minimum atomic E-state index is -3.26. The summed E-state index contributed by atoms with van der Waals surface area (Å²) in [6, 6.07) is 13.4. The number of sulfonamides is 1. The van der Waals surface area contributed by atoms with Crippen molar-refractivity contribution >= 4 is 21.6 Å². The van der Waals surface area contributed by atoms with Gasteiger partial charge in [0.1, 0.15) is 12.4 Å². The highest BCUT2D eigenvalue weighted by Gasteiger charge is 2.35. The lowest BCUT2D eigenvalue weighted by Gasteiger charge is -2.20. The van der Waals surface area contributed by atoms with Gasteiger partial charge in [-0.25, -0.2) is 12.7 Å². The second-order valence-electron chi connectivity index (χ2n) is 8.63. The van der Waals surface area contributed by atoms with Crippen molar-refractivity contribution in [2.24, 2.45) is 0 Å². The Morgan fingerprint density at radius 2 is 1.79 bits per heavy atom. The molecule has 0 bridgehead atoms. The fourth-order valence-electron chi connectivity index (χ4n) is 4.01. The molecule has 0 unspecified atom stereocenters. The highest BCUT2D eigenvalue weighted by molar-refractivity contribution is 7.89. The zero-order valence-electron chi connectivity index (χ0n) is 19.9. The van der Waals surface area contributed by atoms with Crippen molar-refractivity contribution in [3.05, 3.63) is 48.0 Å². The van der Waals surface area contributed by atoms with E-state index in [1.807, 2.05) is 12.1 Å². The van der Waals surface area contributed by atoms with E-state index in [4.69, 9.17) is 14.2 Å². The van der Waals surface area contributed by atoms with Crippen molar-refractivity contribution in [2.45, 2.75) is 38.2 Å². The van der Waals surface area contributed by atoms with E-state index in [1.54, 1.807) is 30.0 Å². The van der Waals surface area contributed by atoms with Crippen LogP contribution in [0.1, 0.15) is 37.7 Å². The Hall–Kier alpha value is -2.78. The molecule has 0 radical (unpaired) electrons. The molecule has 2 aromatic carbocycles. The third kappa shape index (κ3) is 5.47. The number of likely N-dealkylation sites (N-methyl/N-ethyl adjacent to an activating group) is 1. The molecule has 0 aromatic heterocycles.